The van der Waals surface area contributed by atoms with Crippen molar-refractivity contribution in [1.82, 2.24) is 5.32 Å². The van der Waals surface area contributed by atoms with Crippen molar-refractivity contribution in [2.24, 2.45) is 5.92 Å². The minimum absolute atomic E-state index is 0.0311. The topological polar surface area (TPSA) is 29.1 Å². The molecule has 0 radical (unpaired) electrons. The van der Waals surface area contributed by atoms with E-state index in [2.05, 4.69) is 19.2 Å². The average Bonchev–Trinajstić information content (AvgIpc) is 2.29. The second kappa shape index (κ2) is 7.42. The number of rotatable bonds is 6. The number of hydrogen-bond acceptors (Lipinski definition) is 1. The summed E-state index contributed by atoms with van der Waals surface area (Å²) in [5.41, 5.74) is 1.08. The van der Waals surface area contributed by atoms with Crippen molar-refractivity contribution in [3.63, 3.8) is 0 Å². The molecule has 0 saturated heterocycles. The molecule has 0 bridgehead atoms. The maximum absolute atomic E-state index is 11.8. The molecule has 2 unspecified atom stereocenters. The first-order valence-corrected chi connectivity index (χ1v) is 6.95. The van der Waals surface area contributed by atoms with Gasteiger partial charge in [-0.05, 0) is 30.5 Å². The van der Waals surface area contributed by atoms with Crippen molar-refractivity contribution in [3.05, 3.63) is 34.9 Å². The van der Waals surface area contributed by atoms with Gasteiger partial charge in [0.15, 0.2) is 0 Å². The monoisotopic (exact) mass is 267 g/mol. The summed E-state index contributed by atoms with van der Waals surface area (Å²) in [4.78, 5) is 11.8. The molecule has 0 aromatic heterocycles. The van der Waals surface area contributed by atoms with Gasteiger partial charge in [-0.1, -0.05) is 50.4 Å². The number of halogens is 1. The third-order valence-electron chi connectivity index (χ3n) is 3.06. The van der Waals surface area contributed by atoms with Crippen molar-refractivity contribution >= 4 is 17.5 Å². The third kappa shape index (κ3) is 5.09. The van der Waals surface area contributed by atoms with Crippen molar-refractivity contribution in [1.29, 1.82) is 0 Å². The predicted molar refractivity (Wildman–Crippen MR) is 76.7 cm³/mol. The van der Waals surface area contributed by atoms with E-state index in [0.29, 0.717) is 17.4 Å². The zero-order chi connectivity index (χ0) is 13.5. The van der Waals surface area contributed by atoms with Gasteiger partial charge in [-0.25, -0.2) is 0 Å². The maximum atomic E-state index is 11.8. The Hall–Kier alpha value is -1.02. The number of carbonyl (C=O) groups is 1. The van der Waals surface area contributed by atoms with Crippen molar-refractivity contribution in [2.45, 2.75) is 46.1 Å². The van der Waals surface area contributed by atoms with E-state index in [-0.39, 0.29) is 11.9 Å². The quantitative estimate of drug-likeness (QED) is 0.816. The van der Waals surface area contributed by atoms with E-state index in [9.17, 15) is 4.79 Å². The Morgan fingerprint density at radius 1 is 1.28 bits per heavy atom. The van der Waals surface area contributed by atoms with Gasteiger partial charge in [-0.2, -0.15) is 0 Å². The summed E-state index contributed by atoms with van der Waals surface area (Å²) < 4.78 is 0. The van der Waals surface area contributed by atoms with Crippen LogP contribution < -0.4 is 5.32 Å². The molecule has 1 N–H and O–H groups in total. The molecule has 0 saturated carbocycles. The van der Waals surface area contributed by atoms with Crippen LogP contribution in [0.25, 0.3) is 0 Å². The normalized spacial score (nSPS) is 14.0. The fraction of sp³-hybridized carbons (Fsp3) is 0.533. The van der Waals surface area contributed by atoms with Gasteiger partial charge >= 0.3 is 0 Å². The molecule has 1 amide bonds. The lowest BCUT2D eigenvalue weighted by Gasteiger charge is -2.16. The molecule has 0 aliphatic heterocycles. The Morgan fingerprint density at radius 3 is 2.44 bits per heavy atom. The summed E-state index contributed by atoms with van der Waals surface area (Å²) in [6, 6.07) is 7.62. The molecule has 1 rings (SSSR count). The smallest absolute Gasteiger partial charge is 0.220 e. The van der Waals surface area contributed by atoms with Gasteiger partial charge in [0.25, 0.3) is 0 Å². The number of benzene rings is 1. The molecule has 0 aliphatic rings. The summed E-state index contributed by atoms with van der Waals surface area (Å²) in [6.45, 7) is 6.26. The first-order chi connectivity index (χ1) is 8.52. The summed E-state index contributed by atoms with van der Waals surface area (Å²) in [6.07, 6.45) is 2.83. The van der Waals surface area contributed by atoms with Crippen molar-refractivity contribution in [3.8, 4) is 0 Å². The van der Waals surface area contributed by atoms with Crippen LogP contribution in [0, 0.1) is 5.92 Å². The fourth-order valence-electron chi connectivity index (χ4n) is 2.05. The Kier molecular flexibility index (Phi) is 6.20. The van der Waals surface area contributed by atoms with Crippen LogP contribution in [0.15, 0.2) is 24.3 Å². The molecule has 0 fully saturated rings. The zero-order valence-electron chi connectivity index (χ0n) is 11.4. The van der Waals surface area contributed by atoms with Crippen LogP contribution in [0.2, 0.25) is 5.02 Å². The van der Waals surface area contributed by atoms with Crippen LogP contribution in [-0.2, 0) is 4.79 Å². The molecular weight excluding hydrogens is 246 g/mol. The minimum Gasteiger partial charge on any atom is -0.350 e. The van der Waals surface area contributed by atoms with Gasteiger partial charge in [0.1, 0.15) is 0 Å². The van der Waals surface area contributed by atoms with Gasteiger partial charge in [0.05, 0.1) is 6.04 Å². The molecule has 18 heavy (non-hydrogen) atoms. The van der Waals surface area contributed by atoms with E-state index in [1.165, 1.54) is 0 Å². The highest BCUT2D eigenvalue weighted by Gasteiger charge is 2.12. The lowest BCUT2D eigenvalue weighted by Crippen LogP contribution is -2.27. The summed E-state index contributed by atoms with van der Waals surface area (Å²) in [7, 11) is 0. The summed E-state index contributed by atoms with van der Waals surface area (Å²) in [5.74, 6) is 0.575. The number of carbonyl (C=O) groups excluding carboxylic acids is 1. The Bertz CT molecular complexity index is 375. The van der Waals surface area contributed by atoms with Crippen molar-refractivity contribution < 1.29 is 4.79 Å². The molecule has 1 aromatic carbocycles. The predicted octanol–water partition coefficient (Wildman–Crippen LogP) is 4.34. The van der Waals surface area contributed by atoms with E-state index in [1.54, 1.807) is 0 Å². The summed E-state index contributed by atoms with van der Waals surface area (Å²) >= 11 is 5.84. The van der Waals surface area contributed by atoms with Crippen LogP contribution in [0.5, 0.6) is 0 Å². The first kappa shape index (κ1) is 15.0. The second-order valence-corrected chi connectivity index (χ2v) is 5.38. The van der Waals surface area contributed by atoms with E-state index in [1.807, 2.05) is 31.2 Å². The summed E-state index contributed by atoms with van der Waals surface area (Å²) in [5, 5.41) is 3.74. The van der Waals surface area contributed by atoms with E-state index >= 15 is 0 Å². The molecule has 1 aromatic rings. The molecule has 3 heteroatoms. The Labute approximate surface area is 115 Å². The maximum Gasteiger partial charge on any atom is 0.220 e. The largest absolute Gasteiger partial charge is 0.350 e. The minimum atomic E-state index is 0.0311. The van der Waals surface area contributed by atoms with Crippen LogP contribution in [0.3, 0.4) is 0 Å². The lowest BCUT2D eigenvalue weighted by molar-refractivity contribution is -0.122. The van der Waals surface area contributed by atoms with E-state index in [0.717, 1.165) is 18.4 Å². The Morgan fingerprint density at radius 2 is 1.89 bits per heavy atom. The highest BCUT2D eigenvalue weighted by atomic mass is 35.5. The van der Waals surface area contributed by atoms with E-state index in [4.69, 9.17) is 11.6 Å². The number of hydrogen-bond donors (Lipinski definition) is 1. The van der Waals surface area contributed by atoms with Gasteiger partial charge in [0, 0.05) is 11.4 Å². The van der Waals surface area contributed by atoms with Crippen molar-refractivity contribution in [2.75, 3.05) is 0 Å². The number of nitrogens with one attached hydrogen (secondary N) is 1. The molecular formula is C15H22ClNO. The molecule has 2 atom stereocenters. The zero-order valence-corrected chi connectivity index (χ0v) is 12.1. The molecule has 0 spiro atoms. The van der Waals surface area contributed by atoms with Gasteiger partial charge < -0.3 is 5.32 Å². The second-order valence-electron chi connectivity index (χ2n) is 4.94. The lowest BCUT2D eigenvalue weighted by atomic mass is 10.0. The van der Waals surface area contributed by atoms with Crippen LogP contribution in [0.4, 0.5) is 0 Å². The van der Waals surface area contributed by atoms with Gasteiger partial charge in [0.2, 0.25) is 5.91 Å². The number of amides is 1. The van der Waals surface area contributed by atoms with Gasteiger partial charge in [-0.15, -0.1) is 0 Å². The van der Waals surface area contributed by atoms with Gasteiger partial charge in [-0.3, -0.25) is 4.79 Å². The highest BCUT2D eigenvalue weighted by molar-refractivity contribution is 6.30. The standard InChI is InChI=1S/C15H22ClNO/c1-4-5-11(2)10-15(18)17-12(3)13-6-8-14(16)9-7-13/h6-9,11-12H,4-5,10H2,1-3H3,(H,17,18). The van der Waals surface area contributed by atoms with Crippen LogP contribution in [0.1, 0.15) is 51.6 Å². The molecule has 100 valence electrons. The SMILES string of the molecule is CCCC(C)CC(=O)NC(C)c1ccc(Cl)cc1. The Balaban J connectivity index is 2.46. The van der Waals surface area contributed by atoms with E-state index < -0.39 is 0 Å². The fourth-order valence-corrected chi connectivity index (χ4v) is 2.17. The average molecular weight is 268 g/mol. The molecule has 0 heterocycles. The third-order valence-corrected chi connectivity index (χ3v) is 3.31. The highest BCUT2D eigenvalue weighted by Crippen LogP contribution is 2.17. The first-order valence-electron chi connectivity index (χ1n) is 6.57. The van der Waals surface area contributed by atoms with Crippen LogP contribution >= 0.6 is 11.6 Å². The molecule has 0 aliphatic carbocycles. The molecule has 2 nitrogen and oxygen atoms in total. The van der Waals surface area contributed by atoms with Crippen LogP contribution in [-0.4, -0.2) is 5.91 Å².